The number of amidine groups is 1. The zero-order chi connectivity index (χ0) is 11.3. The van der Waals surface area contributed by atoms with Gasteiger partial charge in [-0.2, -0.15) is 8.42 Å². The Morgan fingerprint density at radius 2 is 2.40 bits per heavy atom. The van der Waals surface area contributed by atoms with Crippen LogP contribution in [0.3, 0.4) is 0 Å². The van der Waals surface area contributed by atoms with Gasteiger partial charge in [-0.25, -0.2) is 0 Å². The van der Waals surface area contributed by atoms with Crippen molar-refractivity contribution in [1.29, 1.82) is 0 Å². The quantitative estimate of drug-likeness (QED) is 0.361. The van der Waals surface area contributed by atoms with Gasteiger partial charge in [0.05, 0.1) is 12.3 Å². The van der Waals surface area contributed by atoms with Crippen LogP contribution in [0.4, 0.5) is 0 Å². The third-order valence-corrected chi connectivity index (χ3v) is 4.19. The van der Waals surface area contributed by atoms with Crippen LogP contribution < -0.4 is 5.73 Å². The lowest BCUT2D eigenvalue weighted by Gasteiger charge is -1.97. The Bertz CT molecular complexity index is 424. The van der Waals surface area contributed by atoms with E-state index in [4.69, 9.17) is 10.3 Å². The molecule has 0 amide bonds. The van der Waals surface area contributed by atoms with E-state index in [2.05, 4.69) is 4.99 Å². The van der Waals surface area contributed by atoms with Crippen LogP contribution >= 0.6 is 22.1 Å². The summed E-state index contributed by atoms with van der Waals surface area (Å²) in [6.07, 6.45) is 0. The summed E-state index contributed by atoms with van der Waals surface area (Å²) in [7, 11) is -3.68. The van der Waals surface area contributed by atoms with Gasteiger partial charge in [-0.1, -0.05) is 6.07 Å². The molecule has 1 aromatic heterocycles. The number of nitrogens with two attached hydrogens (primary N) is 1. The fraction of sp³-hybridized carbons (Fsp3) is 0.286. The molecule has 0 fully saturated rings. The minimum atomic E-state index is -4.03. The highest BCUT2D eigenvalue weighted by atomic mass is 33.1. The Hall–Kier alpha value is -0.570. The van der Waals surface area contributed by atoms with Crippen LogP contribution in [0, 0.1) is 0 Å². The van der Waals surface area contributed by atoms with Crippen LogP contribution in [0.15, 0.2) is 22.5 Å². The third kappa shape index (κ3) is 5.78. The highest BCUT2D eigenvalue weighted by Crippen LogP contribution is 2.11. The van der Waals surface area contributed by atoms with Crippen LogP contribution in [-0.4, -0.2) is 24.6 Å². The van der Waals surface area contributed by atoms with Crippen molar-refractivity contribution < 1.29 is 13.0 Å². The summed E-state index contributed by atoms with van der Waals surface area (Å²) >= 11 is 1.55. The number of hydrogen-bond acceptors (Lipinski definition) is 5. The molecule has 0 aromatic carbocycles. The standard InChI is InChI=1S/C7H10N2O3S3/c8-7(5-14-15(10,11)12)9-4-6-2-1-3-13-6/h1-3H,4-5H2,(H2,8,9)(H,10,11,12). The van der Waals surface area contributed by atoms with Crippen molar-refractivity contribution in [2.24, 2.45) is 10.7 Å². The Kier molecular flexibility index (Phi) is 4.58. The maximum atomic E-state index is 10.4. The molecule has 0 spiro atoms. The lowest BCUT2D eigenvalue weighted by Crippen LogP contribution is -2.16. The predicted molar refractivity (Wildman–Crippen MR) is 63.7 cm³/mol. The molecule has 84 valence electrons. The van der Waals surface area contributed by atoms with Crippen molar-refractivity contribution in [2.45, 2.75) is 6.54 Å². The number of thiophene rings is 1. The van der Waals surface area contributed by atoms with Crippen molar-refractivity contribution in [2.75, 3.05) is 5.75 Å². The monoisotopic (exact) mass is 266 g/mol. The molecule has 0 aliphatic rings. The topological polar surface area (TPSA) is 92.8 Å². The predicted octanol–water partition coefficient (Wildman–Crippen LogP) is 1.14. The Balaban J connectivity index is 2.40. The zero-order valence-corrected chi connectivity index (χ0v) is 10.1. The molecule has 1 heterocycles. The van der Waals surface area contributed by atoms with Crippen molar-refractivity contribution >= 4 is 37.1 Å². The fourth-order valence-electron chi connectivity index (χ4n) is 0.762. The van der Waals surface area contributed by atoms with Gasteiger partial charge in [-0.15, -0.1) is 11.3 Å². The van der Waals surface area contributed by atoms with E-state index in [1.165, 1.54) is 0 Å². The van der Waals surface area contributed by atoms with E-state index in [0.717, 1.165) is 4.88 Å². The van der Waals surface area contributed by atoms with E-state index < -0.39 is 9.15 Å². The summed E-state index contributed by atoms with van der Waals surface area (Å²) in [5.74, 6) is 0.176. The molecule has 8 heteroatoms. The highest BCUT2D eigenvalue weighted by molar-refractivity contribution is 8.70. The van der Waals surface area contributed by atoms with Gasteiger partial charge >= 0.3 is 9.15 Å². The van der Waals surface area contributed by atoms with E-state index in [-0.39, 0.29) is 11.6 Å². The summed E-state index contributed by atoms with van der Waals surface area (Å²) in [5.41, 5.74) is 5.46. The van der Waals surface area contributed by atoms with Gasteiger partial charge in [0.2, 0.25) is 0 Å². The van der Waals surface area contributed by atoms with Gasteiger partial charge in [0.15, 0.2) is 0 Å². The van der Waals surface area contributed by atoms with E-state index in [9.17, 15) is 8.42 Å². The molecule has 0 saturated carbocycles. The minimum Gasteiger partial charge on any atom is -0.387 e. The fourth-order valence-corrected chi connectivity index (χ4v) is 2.56. The average molecular weight is 266 g/mol. The highest BCUT2D eigenvalue weighted by Gasteiger charge is 2.06. The van der Waals surface area contributed by atoms with Crippen LogP contribution in [0.5, 0.6) is 0 Å². The Morgan fingerprint density at radius 1 is 1.67 bits per heavy atom. The van der Waals surface area contributed by atoms with Gasteiger partial charge < -0.3 is 5.73 Å². The first-order valence-corrected chi connectivity index (χ1v) is 7.72. The smallest absolute Gasteiger partial charge is 0.320 e. The maximum Gasteiger partial charge on any atom is 0.320 e. The van der Waals surface area contributed by atoms with Gasteiger partial charge in [-0.3, -0.25) is 9.55 Å². The molecule has 0 aliphatic carbocycles. The first-order valence-electron chi connectivity index (χ1n) is 3.90. The second-order valence-corrected chi connectivity index (χ2v) is 6.96. The van der Waals surface area contributed by atoms with Crippen molar-refractivity contribution in [1.82, 2.24) is 0 Å². The summed E-state index contributed by atoms with van der Waals surface area (Å²) in [4.78, 5) is 5.03. The molecule has 0 radical (unpaired) electrons. The minimum absolute atomic E-state index is 0.0236. The maximum absolute atomic E-state index is 10.4. The molecule has 0 unspecified atom stereocenters. The first-order chi connectivity index (χ1) is 6.97. The first kappa shape index (κ1) is 12.5. The molecular formula is C7H10N2O3S3. The normalized spacial score (nSPS) is 13.0. The largest absolute Gasteiger partial charge is 0.387 e. The van der Waals surface area contributed by atoms with E-state index in [1.807, 2.05) is 17.5 Å². The lowest BCUT2D eigenvalue weighted by molar-refractivity contribution is 0.503. The van der Waals surface area contributed by atoms with Crippen LogP contribution in [0.1, 0.15) is 4.88 Å². The number of hydrogen-bond donors (Lipinski definition) is 2. The number of nitrogens with zero attached hydrogens (tertiary/aromatic N) is 1. The molecule has 0 atom stereocenters. The number of rotatable bonds is 5. The molecular weight excluding hydrogens is 256 g/mol. The van der Waals surface area contributed by atoms with Crippen LogP contribution in [0.25, 0.3) is 0 Å². The molecule has 0 bridgehead atoms. The summed E-state index contributed by atoms with van der Waals surface area (Å²) < 4.78 is 29.2. The second kappa shape index (κ2) is 5.50. The van der Waals surface area contributed by atoms with Crippen LogP contribution in [0.2, 0.25) is 0 Å². The second-order valence-electron chi connectivity index (χ2n) is 2.58. The van der Waals surface area contributed by atoms with E-state index >= 15 is 0 Å². The summed E-state index contributed by atoms with van der Waals surface area (Å²) in [6, 6.07) is 3.82. The van der Waals surface area contributed by atoms with Gasteiger partial charge in [-0.05, 0) is 11.4 Å². The number of aliphatic imine (C=N–C) groups is 1. The molecule has 15 heavy (non-hydrogen) atoms. The van der Waals surface area contributed by atoms with Crippen molar-refractivity contribution in [3.8, 4) is 0 Å². The van der Waals surface area contributed by atoms with Gasteiger partial charge in [0, 0.05) is 15.7 Å². The van der Waals surface area contributed by atoms with Gasteiger partial charge in [0.25, 0.3) is 0 Å². The van der Waals surface area contributed by atoms with E-state index in [0.29, 0.717) is 17.3 Å². The van der Waals surface area contributed by atoms with Crippen molar-refractivity contribution in [3.05, 3.63) is 22.4 Å². The van der Waals surface area contributed by atoms with Crippen LogP contribution in [-0.2, 0) is 15.7 Å². The third-order valence-electron chi connectivity index (χ3n) is 1.37. The SMILES string of the molecule is NC(CSS(=O)(=O)O)=NCc1cccs1. The molecule has 1 rings (SSSR count). The van der Waals surface area contributed by atoms with E-state index in [1.54, 1.807) is 11.3 Å². The van der Waals surface area contributed by atoms with Crippen molar-refractivity contribution in [3.63, 3.8) is 0 Å². The molecule has 0 aliphatic heterocycles. The zero-order valence-electron chi connectivity index (χ0n) is 7.66. The lowest BCUT2D eigenvalue weighted by atomic mass is 10.5. The van der Waals surface area contributed by atoms with Gasteiger partial charge in [0.1, 0.15) is 5.84 Å². The molecule has 0 saturated heterocycles. The average Bonchev–Trinajstić information content (AvgIpc) is 2.62. The molecule has 1 aromatic rings. The Morgan fingerprint density at radius 3 is 2.93 bits per heavy atom. The summed E-state index contributed by atoms with van der Waals surface area (Å²) in [6.45, 7) is 0.440. The molecule has 3 N–H and O–H groups in total. The molecule has 5 nitrogen and oxygen atoms in total. The summed E-state index contributed by atoms with van der Waals surface area (Å²) in [5, 5.41) is 1.92. The Labute approximate surface area is 95.6 Å².